The number of hydrogen-bond acceptors (Lipinski definition) is 7. The number of carboxylic acid groups (broad SMARTS) is 2. The van der Waals surface area contributed by atoms with Crippen molar-refractivity contribution in [3.05, 3.63) is 0 Å². The van der Waals surface area contributed by atoms with Crippen molar-refractivity contribution in [3.8, 4) is 0 Å². The minimum absolute atomic E-state index is 0.0378. The molecule has 0 fully saturated rings. The average molecular weight is 365 g/mol. The summed E-state index contributed by atoms with van der Waals surface area (Å²) in [5.74, 6) is -3.68. The van der Waals surface area contributed by atoms with E-state index in [1.165, 1.54) is 6.92 Å². The molecule has 0 radical (unpaired) electrons. The molecule has 0 aliphatic heterocycles. The molecule has 2 amide bonds. The summed E-state index contributed by atoms with van der Waals surface area (Å²) in [5, 5.41) is 33.7. The Morgan fingerprint density at radius 3 is 2.21 bits per heavy atom. The predicted octanol–water partition coefficient (Wildman–Crippen LogP) is -2.19. The molecule has 0 bridgehead atoms. The van der Waals surface area contributed by atoms with Gasteiger partial charge in [-0.15, -0.1) is 0 Å². The second kappa shape index (κ2) is 11.6. The highest BCUT2D eigenvalue weighted by Crippen LogP contribution is 2.00. The highest BCUT2D eigenvalue weighted by Gasteiger charge is 2.22. The van der Waals surface area contributed by atoms with Gasteiger partial charge in [-0.1, -0.05) is 0 Å². The van der Waals surface area contributed by atoms with Gasteiger partial charge in [0.25, 0.3) is 0 Å². The van der Waals surface area contributed by atoms with E-state index in [1.807, 2.05) is 0 Å². The summed E-state index contributed by atoms with van der Waals surface area (Å²) in [5.41, 5.74) is 0. The van der Waals surface area contributed by atoms with Crippen LogP contribution in [-0.2, 0) is 19.2 Å². The summed E-state index contributed by atoms with van der Waals surface area (Å²) < 4.78 is 0. The second-order valence-corrected chi connectivity index (χ2v) is 5.47. The number of aliphatic hydroxyl groups is 1. The van der Waals surface area contributed by atoms with Gasteiger partial charge >= 0.3 is 11.9 Å². The maximum Gasteiger partial charge on any atom is 0.322 e. The molecule has 0 aliphatic carbocycles. The molecular weight excluding hydrogens is 342 g/mol. The summed E-state index contributed by atoms with van der Waals surface area (Å²) in [4.78, 5) is 44.9. The van der Waals surface area contributed by atoms with Gasteiger partial charge < -0.3 is 31.3 Å². The summed E-state index contributed by atoms with van der Waals surface area (Å²) >= 11 is 3.91. The number of rotatable bonds is 12. The zero-order valence-electron chi connectivity index (χ0n) is 13.2. The normalized spacial score (nSPS) is 14.3. The van der Waals surface area contributed by atoms with E-state index in [0.717, 1.165) is 0 Å². The third-order valence-corrected chi connectivity index (χ3v) is 3.23. The van der Waals surface area contributed by atoms with Gasteiger partial charge in [-0.3, -0.25) is 19.2 Å². The van der Waals surface area contributed by atoms with Crippen LogP contribution in [0.25, 0.3) is 0 Å². The topological polar surface area (TPSA) is 165 Å². The van der Waals surface area contributed by atoms with E-state index < -0.39 is 48.5 Å². The summed E-state index contributed by atoms with van der Waals surface area (Å²) in [6.07, 6.45) is -0.934. The van der Waals surface area contributed by atoms with Crippen molar-refractivity contribution in [3.63, 3.8) is 0 Å². The van der Waals surface area contributed by atoms with Crippen molar-refractivity contribution in [2.75, 3.05) is 18.8 Å². The van der Waals surface area contributed by atoms with Gasteiger partial charge in [-0.2, -0.15) is 12.6 Å². The van der Waals surface area contributed by atoms with Crippen LogP contribution in [0.4, 0.5) is 0 Å². The van der Waals surface area contributed by atoms with E-state index >= 15 is 0 Å². The molecule has 0 aromatic heterocycles. The van der Waals surface area contributed by atoms with E-state index in [0.29, 0.717) is 0 Å². The van der Waals surface area contributed by atoms with Crippen LogP contribution in [0.15, 0.2) is 0 Å². The molecule has 0 spiro atoms. The number of amides is 2. The molecule has 11 heteroatoms. The fourth-order valence-corrected chi connectivity index (χ4v) is 1.90. The van der Waals surface area contributed by atoms with Gasteiger partial charge in [-0.25, -0.2) is 0 Å². The number of carbonyl (C=O) groups excluding carboxylic acids is 2. The van der Waals surface area contributed by atoms with Crippen LogP contribution in [0.3, 0.4) is 0 Å². The van der Waals surface area contributed by atoms with E-state index in [-0.39, 0.29) is 25.1 Å². The molecule has 0 saturated heterocycles. The Kier molecular flexibility index (Phi) is 10.8. The Labute approximate surface area is 144 Å². The van der Waals surface area contributed by atoms with Crippen LogP contribution in [0.2, 0.25) is 0 Å². The lowest BCUT2D eigenvalue weighted by atomic mass is 10.1. The Morgan fingerprint density at radius 1 is 1.12 bits per heavy atom. The van der Waals surface area contributed by atoms with Gasteiger partial charge in [0.15, 0.2) is 0 Å². The standard InChI is InChI=1S/C13H23N3O7S/c1-7(17)4-14-8(13(22)23)2-3-10(18)16-9(6-24)12(21)15-5-11(19)20/h7-9,14,17,24H,2-6H2,1H3,(H,15,21)(H,16,18)(H,19,20)(H,22,23). The quantitative estimate of drug-likeness (QED) is 0.192. The SMILES string of the molecule is CC(O)CNC(CCC(=O)NC(CS)C(=O)NCC(=O)O)C(=O)O. The lowest BCUT2D eigenvalue weighted by Crippen LogP contribution is -2.49. The van der Waals surface area contributed by atoms with Crippen molar-refractivity contribution in [2.45, 2.75) is 38.0 Å². The molecule has 24 heavy (non-hydrogen) atoms. The minimum atomic E-state index is -1.22. The first-order valence-corrected chi connectivity index (χ1v) is 7.84. The molecule has 3 atom stereocenters. The van der Waals surface area contributed by atoms with Crippen molar-refractivity contribution in [1.29, 1.82) is 0 Å². The molecule has 0 aromatic carbocycles. The summed E-state index contributed by atoms with van der Waals surface area (Å²) in [6, 6.07) is -2.03. The van der Waals surface area contributed by atoms with Crippen LogP contribution in [-0.4, -0.2) is 76.1 Å². The maximum absolute atomic E-state index is 11.8. The van der Waals surface area contributed by atoms with Gasteiger partial charge in [0.05, 0.1) is 6.10 Å². The first kappa shape index (κ1) is 22.1. The second-order valence-electron chi connectivity index (χ2n) is 5.10. The molecule has 3 unspecified atom stereocenters. The molecule has 0 rings (SSSR count). The van der Waals surface area contributed by atoms with E-state index in [4.69, 9.17) is 15.3 Å². The van der Waals surface area contributed by atoms with Gasteiger partial charge in [0.2, 0.25) is 11.8 Å². The molecule has 0 aromatic rings. The highest BCUT2D eigenvalue weighted by atomic mass is 32.1. The number of nitrogens with one attached hydrogen (secondary N) is 3. The van der Waals surface area contributed by atoms with Crippen LogP contribution < -0.4 is 16.0 Å². The van der Waals surface area contributed by atoms with Crippen LogP contribution >= 0.6 is 12.6 Å². The molecule has 138 valence electrons. The highest BCUT2D eigenvalue weighted by molar-refractivity contribution is 7.80. The number of hydrogen-bond donors (Lipinski definition) is 7. The first-order chi connectivity index (χ1) is 11.2. The molecule has 0 heterocycles. The third-order valence-electron chi connectivity index (χ3n) is 2.87. The minimum Gasteiger partial charge on any atom is -0.480 e. The molecular formula is C13H23N3O7S. The monoisotopic (exact) mass is 365 g/mol. The third kappa shape index (κ3) is 10.0. The predicted molar refractivity (Wildman–Crippen MR) is 86.8 cm³/mol. The van der Waals surface area contributed by atoms with Crippen LogP contribution in [0, 0.1) is 0 Å². The lowest BCUT2D eigenvalue weighted by Gasteiger charge is -2.18. The summed E-state index contributed by atoms with van der Waals surface area (Å²) in [6.45, 7) is 0.977. The zero-order valence-corrected chi connectivity index (χ0v) is 14.1. The van der Waals surface area contributed by atoms with E-state index in [9.17, 15) is 19.2 Å². The molecule has 6 N–H and O–H groups in total. The fraction of sp³-hybridized carbons (Fsp3) is 0.692. The number of carboxylic acids is 2. The first-order valence-electron chi connectivity index (χ1n) is 7.21. The zero-order chi connectivity index (χ0) is 18.7. The Balaban J connectivity index is 4.39. The largest absolute Gasteiger partial charge is 0.480 e. The smallest absolute Gasteiger partial charge is 0.322 e. The Hall–Kier alpha value is -1.85. The molecule has 10 nitrogen and oxygen atoms in total. The summed E-state index contributed by atoms with van der Waals surface area (Å²) in [7, 11) is 0. The number of carbonyl (C=O) groups is 4. The molecule has 0 aliphatic rings. The van der Waals surface area contributed by atoms with Gasteiger partial charge in [0, 0.05) is 18.7 Å². The Morgan fingerprint density at radius 2 is 1.75 bits per heavy atom. The van der Waals surface area contributed by atoms with Crippen LogP contribution in [0.1, 0.15) is 19.8 Å². The Bertz CT molecular complexity index is 459. The lowest BCUT2D eigenvalue weighted by molar-refractivity contribution is -0.140. The van der Waals surface area contributed by atoms with Crippen molar-refractivity contribution in [1.82, 2.24) is 16.0 Å². The number of thiol groups is 1. The van der Waals surface area contributed by atoms with E-state index in [2.05, 4.69) is 28.6 Å². The number of aliphatic carboxylic acids is 2. The number of aliphatic hydroxyl groups excluding tert-OH is 1. The van der Waals surface area contributed by atoms with Crippen molar-refractivity contribution in [2.24, 2.45) is 0 Å². The molecule has 0 saturated carbocycles. The van der Waals surface area contributed by atoms with E-state index in [1.54, 1.807) is 0 Å². The van der Waals surface area contributed by atoms with Gasteiger partial charge in [0.1, 0.15) is 18.6 Å². The maximum atomic E-state index is 11.8. The average Bonchev–Trinajstić information content (AvgIpc) is 2.49. The van der Waals surface area contributed by atoms with Crippen molar-refractivity contribution >= 4 is 36.4 Å². The van der Waals surface area contributed by atoms with Gasteiger partial charge in [-0.05, 0) is 13.3 Å². The van der Waals surface area contributed by atoms with Crippen LogP contribution in [0.5, 0.6) is 0 Å². The van der Waals surface area contributed by atoms with Crippen molar-refractivity contribution < 1.29 is 34.5 Å². The fourth-order valence-electron chi connectivity index (χ4n) is 1.65.